The summed E-state index contributed by atoms with van der Waals surface area (Å²) in [7, 11) is 2.17. The molecule has 2 heterocycles. The average Bonchev–Trinajstić information content (AvgIpc) is 2.96. The van der Waals surface area contributed by atoms with Gasteiger partial charge in [-0.15, -0.1) is 11.3 Å². The third-order valence-electron chi connectivity index (χ3n) is 3.62. The van der Waals surface area contributed by atoms with Crippen LogP contribution in [0.4, 0.5) is 0 Å². The van der Waals surface area contributed by atoms with Gasteiger partial charge in [-0.25, -0.2) is 15.4 Å². The summed E-state index contributed by atoms with van der Waals surface area (Å²) in [4.78, 5) is 8.09. The maximum absolute atomic E-state index is 4.53. The summed E-state index contributed by atoms with van der Waals surface area (Å²) < 4.78 is 1.10. The van der Waals surface area contributed by atoms with E-state index in [2.05, 4.69) is 61.5 Å². The number of piperazine rings is 1. The molecular weight excluding hydrogens is 348 g/mol. The van der Waals surface area contributed by atoms with Crippen LogP contribution in [0.3, 0.4) is 0 Å². The number of hydrogen-bond acceptors (Lipinski definition) is 5. The number of nitrogens with zero attached hydrogens (tertiary/aromatic N) is 3. The molecule has 1 aliphatic heterocycles. The van der Waals surface area contributed by atoms with Gasteiger partial charge in [-0.2, -0.15) is 0 Å². The molecule has 112 valence electrons. The first-order valence-electron chi connectivity index (χ1n) is 7.08. The Hall–Kier alpha value is -0.790. The second kappa shape index (κ2) is 6.98. The number of hydrogen-bond donors (Lipinski definition) is 1. The van der Waals surface area contributed by atoms with Crippen LogP contribution in [0.1, 0.15) is 5.01 Å². The van der Waals surface area contributed by atoms with Crippen molar-refractivity contribution in [1.29, 1.82) is 0 Å². The minimum atomic E-state index is 0.808. The summed E-state index contributed by atoms with van der Waals surface area (Å²) in [6, 6.07) is 8.35. The molecule has 2 aromatic rings. The minimum absolute atomic E-state index is 0.808. The van der Waals surface area contributed by atoms with Gasteiger partial charge in [0.05, 0.1) is 11.4 Å². The number of thiazole rings is 1. The SMILES string of the molecule is CN1CCN(NCc2ncc(-c3cccc(Br)c3)s2)CC1. The second-order valence-electron chi connectivity index (χ2n) is 5.25. The molecule has 1 N–H and O–H groups in total. The molecule has 6 heteroatoms. The van der Waals surface area contributed by atoms with Crippen LogP contribution in [-0.2, 0) is 6.54 Å². The van der Waals surface area contributed by atoms with E-state index in [0.29, 0.717) is 0 Å². The molecule has 1 saturated heterocycles. The molecule has 4 nitrogen and oxygen atoms in total. The van der Waals surface area contributed by atoms with Crippen molar-refractivity contribution < 1.29 is 0 Å². The Morgan fingerprint density at radius 2 is 2.10 bits per heavy atom. The van der Waals surface area contributed by atoms with Gasteiger partial charge in [0.15, 0.2) is 0 Å². The lowest BCUT2D eigenvalue weighted by atomic mass is 10.2. The van der Waals surface area contributed by atoms with E-state index in [-0.39, 0.29) is 0 Å². The van der Waals surface area contributed by atoms with Gasteiger partial charge < -0.3 is 4.90 Å². The van der Waals surface area contributed by atoms with Gasteiger partial charge >= 0.3 is 0 Å². The van der Waals surface area contributed by atoms with Crippen LogP contribution in [0.25, 0.3) is 10.4 Å². The Balaban J connectivity index is 1.58. The topological polar surface area (TPSA) is 31.4 Å². The van der Waals surface area contributed by atoms with Gasteiger partial charge in [0.25, 0.3) is 0 Å². The lowest BCUT2D eigenvalue weighted by Crippen LogP contribution is -2.50. The Labute approximate surface area is 137 Å². The van der Waals surface area contributed by atoms with E-state index < -0.39 is 0 Å². The van der Waals surface area contributed by atoms with E-state index in [1.54, 1.807) is 11.3 Å². The van der Waals surface area contributed by atoms with Crippen LogP contribution < -0.4 is 5.43 Å². The standard InChI is InChI=1S/C15H19BrN4S/c1-19-5-7-20(8-6-19)18-11-15-17-10-14(21-15)12-3-2-4-13(16)9-12/h2-4,9-10,18H,5-8,11H2,1H3. The van der Waals surface area contributed by atoms with Crippen LogP contribution in [-0.4, -0.2) is 48.1 Å². The third kappa shape index (κ3) is 4.11. The molecule has 1 aromatic carbocycles. The van der Waals surface area contributed by atoms with Crippen molar-refractivity contribution in [3.05, 3.63) is 39.9 Å². The molecule has 0 bridgehead atoms. The van der Waals surface area contributed by atoms with Gasteiger partial charge in [0, 0.05) is 36.8 Å². The van der Waals surface area contributed by atoms with Crippen LogP contribution in [0.15, 0.2) is 34.9 Å². The van der Waals surface area contributed by atoms with E-state index >= 15 is 0 Å². The van der Waals surface area contributed by atoms with Crippen LogP contribution in [0.2, 0.25) is 0 Å². The Kier molecular flexibility index (Phi) is 5.03. The Bertz CT molecular complexity index is 593. The predicted molar refractivity (Wildman–Crippen MR) is 91.2 cm³/mol. The van der Waals surface area contributed by atoms with Crippen LogP contribution in [0, 0.1) is 0 Å². The van der Waals surface area contributed by atoms with Crippen LogP contribution in [0.5, 0.6) is 0 Å². The summed E-state index contributed by atoms with van der Waals surface area (Å²) in [5.74, 6) is 0. The summed E-state index contributed by atoms with van der Waals surface area (Å²) >= 11 is 5.27. The van der Waals surface area contributed by atoms with Crippen molar-refractivity contribution >= 4 is 27.3 Å². The zero-order valence-corrected chi connectivity index (χ0v) is 14.5. The van der Waals surface area contributed by atoms with E-state index in [4.69, 9.17) is 0 Å². The molecule has 0 spiro atoms. The average molecular weight is 367 g/mol. The van der Waals surface area contributed by atoms with Gasteiger partial charge in [0.2, 0.25) is 0 Å². The normalized spacial score (nSPS) is 17.2. The number of aromatic nitrogens is 1. The number of likely N-dealkylation sites (N-methyl/N-ethyl adjacent to an activating group) is 1. The highest BCUT2D eigenvalue weighted by atomic mass is 79.9. The summed E-state index contributed by atoms with van der Waals surface area (Å²) in [6.45, 7) is 5.19. The molecule has 1 aliphatic rings. The molecule has 0 unspecified atom stereocenters. The van der Waals surface area contributed by atoms with Gasteiger partial charge in [-0.3, -0.25) is 0 Å². The lowest BCUT2D eigenvalue weighted by Gasteiger charge is -2.32. The van der Waals surface area contributed by atoms with Gasteiger partial charge in [-0.1, -0.05) is 28.1 Å². The van der Waals surface area contributed by atoms with Crippen molar-refractivity contribution in [2.45, 2.75) is 6.54 Å². The predicted octanol–water partition coefficient (Wildman–Crippen LogP) is 2.82. The number of hydrazine groups is 1. The van der Waals surface area contributed by atoms with Crippen molar-refractivity contribution in [2.75, 3.05) is 33.2 Å². The summed E-state index contributed by atoms with van der Waals surface area (Å²) in [5, 5.41) is 3.42. The van der Waals surface area contributed by atoms with E-state index in [1.807, 2.05) is 12.3 Å². The molecule has 3 rings (SSSR count). The molecule has 1 fully saturated rings. The molecule has 0 amide bonds. The smallest absolute Gasteiger partial charge is 0.108 e. The fraction of sp³-hybridized carbons (Fsp3) is 0.400. The fourth-order valence-electron chi connectivity index (χ4n) is 2.31. The third-order valence-corrected chi connectivity index (χ3v) is 5.16. The van der Waals surface area contributed by atoms with Crippen molar-refractivity contribution in [3.63, 3.8) is 0 Å². The number of halogens is 1. The van der Waals surface area contributed by atoms with Crippen LogP contribution >= 0.6 is 27.3 Å². The monoisotopic (exact) mass is 366 g/mol. The number of nitrogens with one attached hydrogen (secondary N) is 1. The molecule has 1 aromatic heterocycles. The van der Waals surface area contributed by atoms with E-state index in [9.17, 15) is 0 Å². The summed E-state index contributed by atoms with van der Waals surface area (Å²) in [6.07, 6.45) is 1.97. The van der Waals surface area contributed by atoms with Crippen molar-refractivity contribution in [3.8, 4) is 10.4 Å². The molecule has 0 aliphatic carbocycles. The van der Waals surface area contributed by atoms with Gasteiger partial charge in [0.1, 0.15) is 5.01 Å². The summed E-state index contributed by atoms with van der Waals surface area (Å²) in [5.41, 5.74) is 4.70. The molecule has 0 radical (unpaired) electrons. The van der Waals surface area contributed by atoms with Crippen molar-refractivity contribution in [2.24, 2.45) is 0 Å². The highest BCUT2D eigenvalue weighted by molar-refractivity contribution is 9.10. The Morgan fingerprint density at radius 1 is 1.29 bits per heavy atom. The number of benzene rings is 1. The minimum Gasteiger partial charge on any atom is -0.304 e. The number of rotatable bonds is 4. The first-order chi connectivity index (χ1) is 10.2. The highest BCUT2D eigenvalue weighted by Gasteiger charge is 2.13. The van der Waals surface area contributed by atoms with E-state index in [0.717, 1.165) is 42.2 Å². The second-order valence-corrected chi connectivity index (χ2v) is 7.28. The Morgan fingerprint density at radius 3 is 2.86 bits per heavy atom. The largest absolute Gasteiger partial charge is 0.304 e. The van der Waals surface area contributed by atoms with Gasteiger partial charge in [-0.05, 0) is 24.7 Å². The first-order valence-corrected chi connectivity index (χ1v) is 8.69. The fourth-order valence-corrected chi connectivity index (χ4v) is 3.56. The molecule has 0 saturated carbocycles. The highest BCUT2D eigenvalue weighted by Crippen LogP contribution is 2.28. The molecule has 0 atom stereocenters. The quantitative estimate of drug-likeness (QED) is 0.901. The maximum atomic E-state index is 4.53. The zero-order valence-electron chi connectivity index (χ0n) is 12.1. The zero-order chi connectivity index (χ0) is 14.7. The maximum Gasteiger partial charge on any atom is 0.108 e. The van der Waals surface area contributed by atoms with E-state index in [1.165, 1.54) is 10.4 Å². The van der Waals surface area contributed by atoms with Crippen molar-refractivity contribution in [1.82, 2.24) is 20.3 Å². The lowest BCUT2D eigenvalue weighted by molar-refractivity contribution is 0.102. The molecular formula is C15H19BrN4S. The first kappa shape index (κ1) is 15.1. The molecule has 21 heavy (non-hydrogen) atoms.